The Balaban J connectivity index is 1.32. The van der Waals surface area contributed by atoms with Gasteiger partial charge in [0.25, 0.3) is 0 Å². The second-order valence-corrected chi connectivity index (χ2v) is 8.16. The van der Waals surface area contributed by atoms with E-state index in [0.29, 0.717) is 33.5 Å². The molecule has 4 aromatic rings. The third kappa shape index (κ3) is 5.25. The number of fused-ring (bicyclic) bond motifs is 1. The molecule has 0 aliphatic carbocycles. The van der Waals surface area contributed by atoms with Crippen molar-refractivity contribution < 1.29 is 14.0 Å². The molecule has 35 heavy (non-hydrogen) atoms. The Kier molecular flexibility index (Phi) is 6.32. The summed E-state index contributed by atoms with van der Waals surface area (Å²) in [5.41, 5.74) is 3.19. The lowest BCUT2D eigenvalue weighted by atomic mass is 10.0. The van der Waals surface area contributed by atoms with E-state index in [9.17, 15) is 14.0 Å². The van der Waals surface area contributed by atoms with Gasteiger partial charge in [-0.3, -0.25) is 9.78 Å². The number of halogens is 1. The molecule has 0 radical (unpaired) electrons. The number of urea groups is 1. The van der Waals surface area contributed by atoms with Gasteiger partial charge in [0.05, 0.1) is 17.2 Å². The molecule has 5 rings (SSSR count). The van der Waals surface area contributed by atoms with Crippen molar-refractivity contribution in [2.24, 2.45) is 0 Å². The van der Waals surface area contributed by atoms with E-state index in [2.05, 4.69) is 25.8 Å². The molecule has 1 aromatic heterocycles. The van der Waals surface area contributed by atoms with E-state index < -0.39 is 6.03 Å². The maximum Gasteiger partial charge on any atom is 0.323 e. The quantitative estimate of drug-likeness (QED) is 0.381. The molecule has 176 valence electrons. The van der Waals surface area contributed by atoms with Gasteiger partial charge in [-0.1, -0.05) is 12.1 Å². The van der Waals surface area contributed by atoms with Crippen LogP contribution in [-0.2, 0) is 0 Å². The van der Waals surface area contributed by atoms with Gasteiger partial charge in [-0.05, 0) is 54.6 Å². The number of hydrogen-bond acceptors (Lipinski definition) is 6. The third-order valence-electron chi connectivity index (χ3n) is 5.72. The van der Waals surface area contributed by atoms with E-state index >= 15 is 0 Å². The van der Waals surface area contributed by atoms with Gasteiger partial charge in [-0.2, -0.15) is 0 Å². The minimum absolute atomic E-state index is 0.191. The van der Waals surface area contributed by atoms with Gasteiger partial charge in [0.15, 0.2) is 5.78 Å². The van der Waals surface area contributed by atoms with Gasteiger partial charge < -0.3 is 20.9 Å². The molecule has 2 heterocycles. The molecule has 0 saturated carbocycles. The molecular formula is C26H23FN6O2. The summed E-state index contributed by atoms with van der Waals surface area (Å²) in [5.74, 6) is 0.215. The minimum atomic E-state index is -0.498. The van der Waals surface area contributed by atoms with Crippen LogP contribution in [0.4, 0.5) is 26.4 Å². The summed E-state index contributed by atoms with van der Waals surface area (Å²) in [7, 11) is 0. The number of benzene rings is 3. The van der Waals surface area contributed by atoms with Crippen molar-refractivity contribution in [2.45, 2.75) is 0 Å². The standard InChI is InChI=1S/C26H23FN6O2/c27-19-5-7-20(8-6-19)30-26(35)31-21-3-1-2-17(14-21)25(34)18-4-9-22-23(15-18)32-24(16-29-22)33-12-10-28-11-13-33/h1-9,14-16,28H,10-13H2,(H2,30,31,35). The summed E-state index contributed by atoms with van der Waals surface area (Å²) in [6.45, 7) is 3.50. The van der Waals surface area contributed by atoms with E-state index in [4.69, 9.17) is 4.98 Å². The Hall–Kier alpha value is -4.37. The number of amides is 2. The first-order chi connectivity index (χ1) is 17.0. The number of hydrogen-bond donors (Lipinski definition) is 3. The molecule has 1 fully saturated rings. The van der Waals surface area contributed by atoms with E-state index in [0.717, 1.165) is 32.0 Å². The van der Waals surface area contributed by atoms with E-state index in [1.54, 1.807) is 48.7 Å². The lowest BCUT2D eigenvalue weighted by Gasteiger charge is -2.28. The molecule has 8 nitrogen and oxygen atoms in total. The second-order valence-electron chi connectivity index (χ2n) is 8.16. The van der Waals surface area contributed by atoms with E-state index in [1.165, 1.54) is 24.3 Å². The molecule has 0 unspecified atom stereocenters. The lowest BCUT2D eigenvalue weighted by Crippen LogP contribution is -2.43. The van der Waals surface area contributed by atoms with Crippen LogP contribution in [0.25, 0.3) is 11.0 Å². The average Bonchev–Trinajstić information content (AvgIpc) is 2.89. The fraction of sp³-hybridized carbons (Fsp3) is 0.154. The number of carbonyl (C=O) groups is 2. The Morgan fingerprint density at radius 3 is 2.40 bits per heavy atom. The first kappa shape index (κ1) is 22.4. The second kappa shape index (κ2) is 9.86. The van der Waals surface area contributed by atoms with Gasteiger partial charge >= 0.3 is 6.03 Å². The smallest absolute Gasteiger partial charge is 0.323 e. The Labute approximate surface area is 201 Å². The van der Waals surface area contributed by atoms with Crippen molar-refractivity contribution in [3.05, 3.63) is 89.9 Å². The number of ketones is 1. The van der Waals surface area contributed by atoms with Crippen molar-refractivity contribution in [1.29, 1.82) is 0 Å². The fourth-order valence-corrected chi connectivity index (χ4v) is 3.92. The monoisotopic (exact) mass is 470 g/mol. The van der Waals surface area contributed by atoms with Gasteiger partial charge in [-0.15, -0.1) is 0 Å². The van der Waals surface area contributed by atoms with Crippen molar-refractivity contribution in [3.8, 4) is 0 Å². The molecule has 1 saturated heterocycles. The molecule has 1 aliphatic heterocycles. The maximum atomic E-state index is 13.2. The highest BCUT2D eigenvalue weighted by atomic mass is 19.1. The number of aromatic nitrogens is 2. The molecule has 0 bridgehead atoms. The molecule has 2 amide bonds. The number of carbonyl (C=O) groups excluding carboxylic acids is 2. The van der Waals surface area contributed by atoms with E-state index in [1.807, 2.05) is 0 Å². The average molecular weight is 471 g/mol. The van der Waals surface area contributed by atoms with Gasteiger partial charge in [0.2, 0.25) is 0 Å². The molecule has 0 atom stereocenters. The van der Waals surface area contributed by atoms with Crippen LogP contribution in [0.15, 0.2) is 72.9 Å². The Morgan fingerprint density at radius 2 is 1.60 bits per heavy atom. The zero-order chi connectivity index (χ0) is 24.2. The third-order valence-corrected chi connectivity index (χ3v) is 5.72. The molecule has 3 N–H and O–H groups in total. The van der Waals surface area contributed by atoms with Crippen molar-refractivity contribution in [3.63, 3.8) is 0 Å². The Bertz CT molecular complexity index is 1390. The predicted octanol–water partition coefficient (Wildman–Crippen LogP) is 4.05. The predicted molar refractivity (Wildman–Crippen MR) is 134 cm³/mol. The number of anilines is 3. The molecule has 9 heteroatoms. The van der Waals surface area contributed by atoms with Gasteiger partial charge in [-0.25, -0.2) is 14.2 Å². The Morgan fingerprint density at radius 1 is 0.857 bits per heavy atom. The SMILES string of the molecule is O=C(Nc1ccc(F)cc1)Nc1cccc(C(=O)c2ccc3ncc(N4CCNCC4)nc3c2)c1. The van der Waals surface area contributed by atoms with Crippen LogP contribution in [0.2, 0.25) is 0 Å². The van der Waals surface area contributed by atoms with Gasteiger partial charge in [0.1, 0.15) is 11.6 Å². The zero-order valence-corrected chi connectivity index (χ0v) is 18.8. The summed E-state index contributed by atoms with van der Waals surface area (Å²) < 4.78 is 13.1. The van der Waals surface area contributed by atoms with Crippen LogP contribution in [0.5, 0.6) is 0 Å². The van der Waals surface area contributed by atoms with Crippen molar-refractivity contribution >= 4 is 40.0 Å². The fourth-order valence-electron chi connectivity index (χ4n) is 3.92. The number of rotatable bonds is 5. The first-order valence-corrected chi connectivity index (χ1v) is 11.3. The number of nitrogens with one attached hydrogen (secondary N) is 3. The first-order valence-electron chi connectivity index (χ1n) is 11.3. The van der Waals surface area contributed by atoms with Gasteiger partial charge in [0, 0.05) is 48.7 Å². The van der Waals surface area contributed by atoms with Crippen LogP contribution >= 0.6 is 0 Å². The van der Waals surface area contributed by atoms with Crippen LogP contribution in [0, 0.1) is 5.82 Å². The van der Waals surface area contributed by atoms with Crippen LogP contribution in [0.1, 0.15) is 15.9 Å². The normalized spacial score (nSPS) is 13.5. The minimum Gasteiger partial charge on any atom is -0.353 e. The number of piperazine rings is 1. The van der Waals surface area contributed by atoms with Crippen LogP contribution < -0.4 is 20.9 Å². The largest absolute Gasteiger partial charge is 0.353 e. The molecular weight excluding hydrogens is 447 g/mol. The topological polar surface area (TPSA) is 99.2 Å². The highest BCUT2D eigenvalue weighted by Gasteiger charge is 2.15. The lowest BCUT2D eigenvalue weighted by molar-refractivity contribution is 0.103. The molecule has 1 aliphatic rings. The van der Waals surface area contributed by atoms with Crippen molar-refractivity contribution in [1.82, 2.24) is 15.3 Å². The highest BCUT2D eigenvalue weighted by molar-refractivity contribution is 6.11. The maximum absolute atomic E-state index is 13.2. The highest BCUT2D eigenvalue weighted by Crippen LogP contribution is 2.21. The summed E-state index contributed by atoms with van der Waals surface area (Å²) in [4.78, 5) is 36.9. The van der Waals surface area contributed by atoms with Crippen molar-refractivity contribution in [2.75, 3.05) is 41.7 Å². The summed E-state index contributed by atoms with van der Waals surface area (Å²) >= 11 is 0. The molecule has 3 aromatic carbocycles. The summed E-state index contributed by atoms with van der Waals surface area (Å²) in [5, 5.41) is 8.64. The summed E-state index contributed by atoms with van der Waals surface area (Å²) in [6, 6.07) is 16.9. The number of nitrogens with zero attached hydrogens (tertiary/aromatic N) is 3. The van der Waals surface area contributed by atoms with E-state index in [-0.39, 0.29) is 11.6 Å². The molecule has 0 spiro atoms. The van der Waals surface area contributed by atoms with Crippen LogP contribution in [-0.4, -0.2) is 48.0 Å². The summed E-state index contributed by atoms with van der Waals surface area (Å²) in [6.07, 6.45) is 1.77. The zero-order valence-electron chi connectivity index (χ0n) is 18.8. The van der Waals surface area contributed by atoms with Crippen LogP contribution in [0.3, 0.4) is 0 Å².